The summed E-state index contributed by atoms with van der Waals surface area (Å²) in [5.74, 6) is 0.768. The first-order chi connectivity index (χ1) is 16.9. The van der Waals surface area contributed by atoms with Crippen LogP contribution >= 0.6 is 11.6 Å². The topological polar surface area (TPSA) is 64.7 Å². The number of rotatable bonds is 4. The van der Waals surface area contributed by atoms with Crippen molar-refractivity contribution in [3.8, 4) is 11.8 Å². The van der Waals surface area contributed by atoms with Gasteiger partial charge in [0.1, 0.15) is 23.5 Å². The minimum absolute atomic E-state index is 0.0666. The fourth-order valence-electron chi connectivity index (χ4n) is 5.13. The number of piperazine rings is 1. The van der Waals surface area contributed by atoms with Gasteiger partial charge in [-0.2, -0.15) is 5.26 Å². The summed E-state index contributed by atoms with van der Waals surface area (Å²) < 4.78 is 7.76. The van der Waals surface area contributed by atoms with Crippen LogP contribution in [0.25, 0.3) is 10.9 Å². The Bertz CT molecular complexity index is 1330. The van der Waals surface area contributed by atoms with Crippen LogP contribution in [0.2, 0.25) is 5.02 Å². The van der Waals surface area contributed by atoms with Gasteiger partial charge in [-0.25, -0.2) is 0 Å². The SMILES string of the molecule is CN1CCN(c2ccc3c(N4CCC(Oc5cccc(Cl)c5)CC4)c(C#N)c(=O)n(C)c3c2)CC1. The van der Waals surface area contributed by atoms with E-state index in [9.17, 15) is 10.1 Å². The van der Waals surface area contributed by atoms with Crippen LogP contribution in [-0.2, 0) is 7.05 Å². The lowest BCUT2D eigenvalue weighted by Gasteiger charge is -2.36. The van der Waals surface area contributed by atoms with Gasteiger partial charge in [0.05, 0.1) is 11.2 Å². The van der Waals surface area contributed by atoms with Crippen LogP contribution in [0.15, 0.2) is 47.3 Å². The van der Waals surface area contributed by atoms with Crippen molar-refractivity contribution in [1.29, 1.82) is 5.26 Å². The second-order valence-electron chi connectivity index (χ2n) is 9.45. The third-order valence-corrected chi connectivity index (χ3v) is 7.43. The number of ether oxygens (including phenoxy) is 1. The fourth-order valence-corrected chi connectivity index (χ4v) is 5.31. The van der Waals surface area contributed by atoms with E-state index in [0.717, 1.165) is 67.0 Å². The zero-order chi connectivity index (χ0) is 24.5. The molecule has 0 N–H and O–H groups in total. The molecule has 3 aromatic rings. The van der Waals surface area contributed by atoms with Crippen LogP contribution in [0.5, 0.6) is 5.75 Å². The molecule has 35 heavy (non-hydrogen) atoms. The molecule has 0 aliphatic carbocycles. The lowest BCUT2D eigenvalue weighted by Crippen LogP contribution is -2.44. The predicted octanol–water partition coefficient (Wildman–Crippen LogP) is 3.86. The largest absolute Gasteiger partial charge is 0.490 e. The average Bonchev–Trinajstić information content (AvgIpc) is 2.87. The molecule has 182 valence electrons. The Kier molecular flexibility index (Phi) is 6.59. The van der Waals surface area contributed by atoms with E-state index in [2.05, 4.69) is 46.0 Å². The number of pyridine rings is 1. The van der Waals surface area contributed by atoms with Crippen LogP contribution in [0, 0.1) is 11.3 Å². The van der Waals surface area contributed by atoms with Gasteiger partial charge in [-0.05, 0) is 43.4 Å². The summed E-state index contributed by atoms with van der Waals surface area (Å²) in [5, 5.41) is 11.5. The number of aromatic nitrogens is 1. The van der Waals surface area contributed by atoms with Gasteiger partial charge >= 0.3 is 0 Å². The number of hydrogen-bond donors (Lipinski definition) is 0. The minimum Gasteiger partial charge on any atom is -0.490 e. The minimum atomic E-state index is -0.247. The lowest BCUT2D eigenvalue weighted by atomic mass is 10.0. The molecule has 2 fully saturated rings. The molecule has 0 unspecified atom stereocenters. The molecule has 0 bridgehead atoms. The molecule has 2 aliphatic rings. The molecule has 2 saturated heterocycles. The number of anilines is 2. The van der Waals surface area contributed by atoms with Gasteiger partial charge in [-0.1, -0.05) is 17.7 Å². The molecule has 0 saturated carbocycles. The summed E-state index contributed by atoms with van der Waals surface area (Å²) in [5.41, 5.74) is 2.68. The van der Waals surface area contributed by atoms with Crippen molar-refractivity contribution in [1.82, 2.24) is 9.47 Å². The number of fused-ring (bicyclic) bond motifs is 1. The van der Waals surface area contributed by atoms with E-state index in [0.29, 0.717) is 18.1 Å². The summed E-state index contributed by atoms with van der Waals surface area (Å²) in [7, 11) is 3.90. The Balaban J connectivity index is 1.44. The van der Waals surface area contributed by atoms with Crippen LogP contribution in [0.3, 0.4) is 0 Å². The number of halogens is 1. The highest BCUT2D eigenvalue weighted by Gasteiger charge is 2.27. The molecule has 0 radical (unpaired) electrons. The Morgan fingerprint density at radius 2 is 1.71 bits per heavy atom. The quantitative estimate of drug-likeness (QED) is 0.552. The second kappa shape index (κ2) is 9.80. The highest BCUT2D eigenvalue weighted by Crippen LogP contribution is 2.34. The van der Waals surface area contributed by atoms with Crippen molar-refractivity contribution in [3.63, 3.8) is 0 Å². The number of nitriles is 1. The molecule has 0 amide bonds. The summed E-state index contributed by atoms with van der Waals surface area (Å²) in [6.45, 7) is 5.37. The second-order valence-corrected chi connectivity index (χ2v) is 9.89. The van der Waals surface area contributed by atoms with Gasteiger partial charge < -0.3 is 24.0 Å². The lowest BCUT2D eigenvalue weighted by molar-refractivity contribution is 0.171. The first-order valence-electron chi connectivity index (χ1n) is 12.1. The van der Waals surface area contributed by atoms with Crippen LogP contribution in [0.4, 0.5) is 11.4 Å². The van der Waals surface area contributed by atoms with Crippen molar-refractivity contribution in [2.45, 2.75) is 18.9 Å². The Morgan fingerprint density at radius 3 is 2.40 bits per heavy atom. The monoisotopic (exact) mass is 491 g/mol. The zero-order valence-electron chi connectivity index (χ0n) is 20.2. The van der Waals surface area contributed by atoms with E-state index in [-0.39, 0.29) is 17.2 Å². The van der Waals surface area contributed by atoms with E-state index in [4.69, 9.17) is 16.3 Å². The van der Waals surface area contributed by atoms with Crippen LogP contribution < -0.4 is 20.1 Å². The van der Waals surface area contributed by atoms with E-state index < -0.39 is 0 Å². The Hall–Kier alpha value is -3.21. The van der Waals surface area contributed by atoms with E-state index in [1.165, 1.54) is 0 Å². The molecule has 0 atom stereocenters. The van der Waals surface area contributed by atoms with Crippen molar-refractivity contribution in [3.05, 3.63) is 63.4 Å². The normalized spacial score (nSPS) is 17.5. The molecule has 1 aromatic heterocycles. The summed E-state index contributed by atoms with van der Waals surface area (Å²) >= 11 is 6.09. The molecular formula is C27H30ClN5O2. The molecule has 2 aliphatic heterocycles. The van der Waals surface area contributed by atoms with Gasteiger partial charge in [0.25, 0.3) is 5.56 Å². The summed E-state index contributed by atoms with van der Waals surface area (Å²) in [4.78, 5) is 20.1. The van der Waals surface area contributed by atoms with Gasteiger partial charge in [0.15, 0.2) is 0 Å². The molecule has 7 nitrogen and oxygen atoms in total. The smallest absolute Gasteiger partial charge is 0.270 e. The highest BCUT2D eigenvalue weighted by molar-refractivity contribution is 6.30. The van der Waals surface area contributed by atoms with E-state index in [1.807, 2.05) is 24.3 Å². The Labute approximate surface area is 210 Å². The first kappa shape index (κ1) is 23.5. The molecule has 8 heteroatoms. The highest BCUT2D eigenvalue weighted by atomic mass is 35.5. The summed E-state index contributed by atoms with van der Waals surface area (Å²) in [6.07, 6.45) is 1.66. The number of aryl methyl sites for hydroxylation is 1. The van der Waals surface area contributed by atoms with Crippen LogP contribution in [-0.4, -0.2) is 61.9 Å². The van der Waals surface area contributed by atoms with Crippen molar-refractivity contribution >= 4 is 33.9 Å². The number of piperidine rings is 1. The molecule has 3 heterocycles. The van der Waals surface area contributed by atoms with Crippen molar-refractivity contribution in [2.24, 2.45) is 7.05 Å². The van der Waals surface area contributed by atoms with Gasteiger partial charge in [0.2, 0.25) is 0 Å². The van der Waals surface area contributed by atoms with Crippen LogP contribution in [0.1, 0.15) is 18.4 Å². The molecular weight excluding hydrogens is 462 g/mol. The van der Waals surface area contributed by atoms with Crippen molar-refractivity contribution in [2.75, 3.05) is 56.1 Å². The standard InChI is InChI=1S/C27H30ClN5O2/c1-30-12-14-32(15-13-30)20-6-7-23-25(17-20)31(2)27(34)24(18-29)26(23)33-10-8-21(9-11-33)35-22-5-3-4-19(28)16-22/h3-7,16-17,21H,8-15H2,1-2H3. The average molecular weight is 492 g/mol. The van der Waals surface area contributed by atoms with Gasteiger partial charge in [-0.3, -0.25) is 4.79 Å². The molecule has 0 spiro atoms. The van der Waals surface area contributed by atoms with Gasteiger partial charge in [-0.15, -0.1) is 0 Å². The first-order valence-corrected chi connectivity index (χ1v) is 12.5. The van der Waals surface area contributed by atoms with E-state index in [1.54, 1.807) is 11.6 Å². The third-order valence-electron chi connectivity index (χ3n) is 7.19. The maximum absolute atomic E-state index is 13.2. The fraction of sp³-hybridized carbons (Fsp3) is 0.407. The predicted molar refractivity (Wildman–Crippen MR) is 141 cm³/mol. The number of hydrogen-bond acceptors (Lipinski definition) is 6. The molecule has 5 rings (SSSR count). The van der Waals surface area contributed by atoms with Gasteiger partial charge in [0, 0.05) is 75.3 Å². The van der Waals surface area contributed by atoms with Crippen molar-refractivity contribution < 1.29 is 4.74 Å². The third kappa shape index (κ3) is 4.69. The number of nitrogens with zero attached hydrogens (tertiary/aromatic N) is 5. The van der Waals surface area contributed by atoms with E-state index >= 15 is 0 Å². The Morgan fingerprint density at radius 1 is 0.971 bits per heavy atom. The maximum atomic E-state index is 13.2. The number of benzene rings is 2. The molecule has 2 aromatic carbocycles. The summed E-state index contributed by atoms with van der Waals surface area (Å²) in [6, 6.07) is 16.0. The zero-order valence-corrected chi connectivity index (χ0v) is 21.0. The number of likely N-dealkylation sites (N-methyl/N-ethyl adjacent to an activating group) is 1. The maximum Gasteiger partial charge on any atom is 0.270 e.